The molecule has 1 aliphatic rings. The zero-order chi connectivity index (χ0) is 17.3. The molecule has 1 rings (SSSR count). The van der Waals surface area contributed by atoms with Crippen LogP contribution in [0, 0.1) is 17.2 Å². The van der Waals surface area contributed by atoms with Crippen molar-refractivity contribution >= 4 is 5.97 Å². The van der Waals surface area contributed by atoms with Gasteiger partial charge in [-0.15, -0.1) is 0 Å². The topological polar surface area (TPSA) is 68.5 Å². The summed E-state index contributed by atoms with van der Waals surface area (Å²) in [6.07, 6.45) is 6.79. The minimum Gasteiger partial charge on any atom is -0.469 e. The summed E-state index contributed by atoms with van der Waals surface area (Å²) in [7, 11) is 3.09. The van der Waals surface area contributed by atoms with Gasteiger partial charge in [0.15, 0.2) is 0 Å². The second-order valence-electron chi connectivity index (χ2n) is 6.61. The van der Waals surface area contributed by atoms with Gasteiger partial charge in [-0.25, -0.2) is 0 Å². The van der Waals surface area contributed by atoms with Gasteiger partial charge in [-0.2, -0.15) is 5.26 Å². The Morgan fingerprint density at radius 3 is 2.78 bits per heavy atom. The van der Waals surface area contributed by atoms with Gasteiger partial charge in [-0.3, -0.25) is 4.79 Å². The second-order valence-corrected chi connectivity index (χ2v) is 6.61. The zero-order valence-electron chi connectivity index (χ0n) is 15.0. The summed E-state index contributed by atoms with van der Waals surface area (Å²) in [6.45, 7) is 4.09. The maximum atomic E-state index is 11.3. The molecule has 1 heterocycles. The molecule has 0 amide bonds. The molecule has 0 aromatic rings. The second kappa shape index (κ2) is 9.89. The maximum absolute atomic E-state index is 11.3. The smallest absolute Gasteiger partial charge is 0.305 e. The minimum absolute atomic E-state index is 0.0128. The molecule has 0 bridgehead atoms. The van der Waals surface area contributed by atoms with Crippen LogP contribution in [0.2, 0.25) is 0 Å². The molecule has 5 nitrogen and oxygen atoms in total. The lowest BCUT2D eigenvalue weighted by molar-refractivity contribution is -0.156. The van der Waals surface area contributed by atoms with E-state index in [4.69, 9.17) is 19.5 Å². The summed E-state index contributed by atoms with van der Waals surface area (Å²) in [4.78, 5) is 11.3. The van der Waals surface area contributed by atoms with Crippen LogP contribution in [0.4, 0.5) is 0 Å². The van der Waals surface area contributed by atoms with E-state index in [0.717, 1.165) is 38.5 Å². The van der Waals surface area contributed by atoms with E-state index in [1.807, 2.05) is 6.92 Å². The van der Waals surface area contributed by atoms with Gasteiger partial charge in [0, 0.05) is 25.9 Å². The molecule has 1 unspecified atom stereocenters. The lowest BCUT2D eigenvalue weighted by Gasteiger charge is -2.43. The van der Waals surface area contributed by atoms with E-state index >= 15 is 0 Å². The number of carbonyl (C=O) groups is 1. The molecule has 1 saturated heterocycles. The average molecular weight is 325 g/mol. The Kier molecular flexibility index (Phi) is 8.57. The number of nitriles is 1. The van der Waals surface area contributed by atoms with E-state index in [-0.39, 0.29) is 29.7 Å². The maximum Gasteiger partial charge on any atom is 0.305 e. The monoisotopic (exact) mass is 325 g/mol. The zero-order valence-corrected chi connectivity index (χ0v) is 15.0. The Morgan fingerprint density at radius 2 is 2.22 bits per heavy atom. The number of nitrogens with zero attached hydrogens (tertiary/aromatic N) is 1. The Bertz CT molecular complexity index is 406. The predicted octanol–water partition coefficient (Wildman–Crippen LogP) is 3.61. The van der Waals surface area contributed by atoms with Crippen molar-refractivity contribution in [3.63, 3.8) is 0 Å². The van der Waals surface area contributed by atoms with Gasteiger partial charge in [0.05, 0.1) is 31.0 Å². The van der Waals surface area contributed by atoms with E-state index in [2.05, 4.69) is 13.0 Å². The van der Waals surface area contributed by atoms with Gasteiger partial charge in [0.2, 0.25) is 0 Å². The van der Waals surface area contributed by atoms with Crippen LogP contribution in [0.1, 0.15) is 65.2 Å². The lowest BCUT2D eigenvalue weighted by atomic mass is 9.82. The van der Waals surface area contributed by atoms with Crippen molar-refractivity contribution < 1.29 is 19.0 Å². The van der Waals surface area contributed by atoms with Crippen molar-refractivity contribution in [2.45, 2.75) is 83.0 Å². The van der Waals surface area contributed by atoms with Crippen molar-refractivity contribution in [1.82, 2.24) is 0 Å². The van der Waals surface area contributed by atoms with Crippen molar-refractivity contribution in [1.29, 1.82) is 5.26 Å². The molecule has 0 aromatic heterocycles. The van der Waals surface area contributed by atoms with Crippen LogP contribution in [0.5, 0.6) is 0 Å². The first-order valence-corrected chi connectivity index (χ1v) is 8.65. The quantitative estimate of drug-likeness (QED) is 0.606. The Hall–Kier alpha value is -1.12. The molecule has 5 heteroatoms. The lowest BCUT2D eigenvalue weighted by Crippen LogP contribution is -2.43. The third-order valence-corrected chi connectivity index (χ3v) is 4.89. The molecule has 132 valence electrons. The van der Waals surface area contributed by atoms with Crippen LogP contribution >= 0.6 is 0 Å². The third kappa shape index (κ3) is 6.48. The molecule has 0 spiro atoms. The fourth-order valence-electron chi connectivity index (χ4n) is 3.39. The van der Waals surface area contributed by atoms with Gasteiger partial charge in [-0.05, 0) is 45.4 Å². The summed E-state index contributed by atoms with van der Waals surface area (Å²) >= 11 is 0. The minimum atomic E-state index is -0.206. The summed E-state index contributed by atoms with van der Waals surface area (Å²) < 4.78 is 16.7. The molecule has 1 fully saturated rings. The van der Waals surface area contributed by atoms with E-state index in [0.29, 0.717) is 12.8 Å². The Labute approximate surface area is 140 Å². The van der Waals surface area contributed by atoms with Gasteiger partial charge in [0.25, 0.3) is 0 Å². The predicted molar refractivity (Wildman–Crippen MR) is 87.8 cm³/mol. The van der Waals surface area contributed by atoms with Gasteiger partial charge >= 0.3 is 5.97 Å². The fourth-order valence-corrected chi connectivity index (χ4v) is 3.39. The first-order valence-electron chi connectivity index (χ1n) is 8.65. The summed E-state index contributed by atoms with van der Waals surface area (Å²) in [5.41, 5.74) is -0.200. The number of ether oxygens (including phenoxy) is 3. The van der Waals surface area contributed by atoms with Gasteiger partial charge < -0.3 is 14.2 Å². The molecule has 0 radical (unpaired) electrons. The van der Waals surface area contributed by atoms with Crippen molar-refractivity contribution in [3.8, 4) is 6.07 Å². The first-order chi connectivity index (χ1) is 11.0. The highest BCUT2D eigenvalue weighted by molar-refractivity contribution is 5.69. The molecule has 4 atom stereocenters. The van der Waals surface area contributed by atoms with Crippen molar-refractivity contribution in [2.75, 3.05) is 14.2 Å². The van der Waals surface area contributed by atoms with E-state index in [1.54, 1.807) is 7.11 Å². The SMILES string of the molecule is CCC1(C[C@H](CCC(=O)OC)OC)CCC[C@H](C[C@@H](C)C#N)O1. The number of hydrogen-bond donors (Lipinski definition) is 0. The summed E-state index contributed by atoms with van der Waals surface area (Å²) in [6, 6.07) is 2.29. The fraction of sp³-hybridized carbons (Fsp3) is 0.889. The summed E-state index contributed by atoms with van der Waals surface area (Å²) in [5.74, 6) is -0.187. The molecule has 0 aromatic carbocycles. The highest BCUT2D eigenvalue weighted by Crippen LogP contribution is 2.38. The Balaban J connectivity index is 2.63. The van der Waals surface area contributed by atoms with Crippen molar-refractivity contribution in [2.24, 2.45) is 5.92 Å². The summed E-state index contributed by atoms with van der Waals surface area (Å²) in [5, 5.41) is 9.01. The Morgan fingerprint density at radius 1 is 1.48 bits per heavy atom. The molecular weight excluding hydrogens is 294 g/mol. The van der Waals surface area contributed by atoms with E-state index in [1.165, 1.54) is 7.11 Å². The molecule has 23 heavy (non-hydrogen) atoms. The van der Waals surface area contributed by atoms with Crippen LogP contribution in [-0.2, 0) is 19.0 Å². The first kappa shape index (κ1) is 19.9. The number of carbonyl (C=O) groups excluding carboxylic acids is 1. The van der Waals surface area contributed by atoms with Crippen LogP contribution in [0.3, 0.4) is 0 Å². The standard InChI is InChI=1S/C18H31NO4/c1-5-18(12-16(21-3)8-9-17(20)22-4)10-6-7-15(23-18)11-14(2)13-19/h14-16H,5-12H2,1-4H3/t14-,15-,16+,18?/m1/s1. The van der Waals surface area contributed by atoms with Crippen LogP contribution in [0.15, 0.2) is 0 Å². The number of methoxy groups -OCH3 is 2. The number of esters is 1. The molecule has 0 saturated carbocycles. The number of rotatable bonds is 9. The highest BCUT2D eigenvalue weighted by Gasteiger charge is 2.38. The van der Waals surface area contributed by atoms with Gasteiger partial charge in [0.1, 0.15) is 0 Å². The molecular formula is C18H31NO4. The van der Waals surface area contributed by atoms with Gasteiger partial charge in [-0.1, -0.05) is 6.92 Å². The van der Waals surface area contributed by atoms with Crippen LogP contribution in [-0.4, -0.2) is 38.0 Å². The molecule has 0 aliphatic carbocycles. The molecule has 1 aliphatic heterocycles. The van der Waals surface area contributed by atoms with Crippen LogP contribution < -0.4 is 0 Å². The average Bonchev–Trinajstić information content (AvgIpc) is 2.58. The van der Waals surface area contributed by atoms with Crippen molar-refractivity contribution in [3.05, 3.63) is 0 Å². The highest BCUT2D eigenvalue weighted by atomic mass is 16.5. The van der Waals surface area contributed by atoms with E-state index in [9.17, 15) is 4.79 Å². The number of hydrogen-bond acceptors (Lipinski definition) is 5. The molecule has 0 N–H and O–H groups in total. The normalized spacial score (nSPS) is 27.0. The third-order valence-electron chi connectivity index (χ3n) is 4.89. The van der Waals surface area contributed by atoms with E-state index < -0.39 is 0 Å². The van der Waals surface area contributed by atoms with Crippen LogP contribution in [0.25, 0.3) is 0 Å². The largest absolute Gasteiger partial charge is 0.469 e.